The molecule has 4 nitrogen and oxygen atoms in total. The third-order valence-corrected chi connectivity index (χ3v) is 4.64. The molecule has 2 aliphatic rings. The first-order chi connectivity index (χ1) is 9.83. The largest absolute Gasteiger partial charge is 0.468 e. The van der Waals surface area contributed by atoms with Crippen molar-refractivity contribution in [2.75, 3.05) is 45.8 Å². The van der Waals surface area contributed by atoms with Gasteiger partial charge in [-0.15, -0.1) is 0 Å². The van der Waals surface area contributed by atoms with E-state index in [1.54, 1.807) is 0 Å². The first-order valence-corrected chi connectivity index (χ1v) is 8.03. The molecule has 2 unspecified atom stereocenters. The zero-order valence-electron chi connectivity index (χ0n) is 12.6. The second-order valence-corrected chi connectivity index (χ2v) is 6.32. The summed E-state index contributed by atoms with van der Waals surface area (Å²) in [4.78, 5) is 5.21. The highest BCUT2D eigenvalue weighted by Crippen LogP contribution is 2.25. The highest BCUT2D eigenvalue weighted by atomic mass is 16.3. The molecule has 1 N–H and O–H groups in total. The standard InChI is InChI=1S/C16H27N3O/c1-14-4-2-8-18(12-14)13-15(16-5-3-11-20-16)19-9-6-17-7-10-19/h3,5,11,14-15,17H,2,4,6-10,12-13H2,1H3. The van der Waals surface area contributed by atoms with Gasteiger partial charge in [0.2, 0.25) is 0 Å². The average molecular weight is 277 g/mol. The molecule has 0 radical (unpaired) electrons. The van der Waals surface area contributed by atoms with Crippen molar-refractivity contribution < 1.29 is 4.42 Å². The lowest BCUT2D eigenvalue weighted by atomic mass is 9.99. The molecule has 2 saturated heterocycles. The molecule has 3 heterocycles. The maximum absolute atomic E-state index is 5.73. The SMILES string of the molecule is CC1CCCN(CC(c2ccco2)N2CCNCC2)C1. The summed E-state index contributed by atoms with van der Waals surface area (Å²) in [6.45, 7) is 10.4. The minimum absolute atomic E-state index is 0.414. The van der Waals surface area contributed by atoms with Crippen LogP contribution in [0.2, 0.25) is 0 Å². The second kappa shape index (κ2) is 6.74. The molecule has 1 aromatic rings. The van der Waals surface area contributed by atoms with Crippen molar-refractivity contribution in [3.63, 3.8) is 0 Å². The van der Waals surface area contributed by atoms with Gasteiger partial charge in [-0.3, -0.25) is 4.90 Å². The fourth-order valence-electron chi connectivity index (χ4n) is 3.56. The minimum atomic E-state index is 0.414. The van der Waals surface area contributed by atoms with Gasteiger partial charge in [-0.2, -0.15) is 0 Å². The van der Waals surface area contributed by atoms with Crippen LogP contribution in [-0.4, -0.2) is 55.6 Å². The van der Waals surface area contributed by atoms with Crippen LogP contribution in [0.1, 0.15) is 31.6 Å². The molecular formula is C16H27N3O. The van der Waals surface area contributed by atoms with E-state index in [1.807, 2.05) is 12.3 Å². The normalized spacial score (nSPS) is 27.6. The molecule has 1 aromatic heterocycles. The molecule has 4 heteroatoms. The summed E-state index contributed by atoms with van der Waals surface area (Å²) in [6, 6.07) is 4.57. The summed E-state index contributed by atoms with van der Waals surface area (Å²) in [5.74, 6) is 1.97. The van der Waals surface area contributed by atoms with Gasteiger partial charge in [0.1, 0.15) is 5.76 Å². The first-order valence-electron chi connectivity index (χ1n) is 8.03. The maximum Gasteiger partial charge on any atom is 0.122 e. The van der Waals surface area contributed by atoms with E-state index in [0.29, 0.717) is 6.04 Å². The van der Waals surface area contributed by atoms with Gasteiger partial charge in [0.15, 0.2) is 0 Å². The molecule has 0 bridgehead atoms. The third kappa shape index (κ3) is 3.43. The van der Waals surface area contributed by atoms with Gasteiger partial charge in [-0.05, 0) is 37.4 Å². The Morgan fingerprint density at radius 2 is 2.20 bits per heavy atom. The number of nitrogens with one attached hydrogen (secondary N) is 1. The van der Waals surface area contributed by atoms with Crippen LogP contribution in [0.4, 0.5) is 0 Å². The Morgan fingerprint density at radius 1 is 1.35 bits per heavy atom. The summed E-state index contributed by atoms with van der Waals surface area (Å²) < 4.78 is 5.73. The molecule has 2 fully saturated rings. The van der Waals surface area contributed by atoms with Crippen LogP contribution in [0, 0.1) is 5.92 Å². The van der Waals surface area contributed by atoms with Crippen molar-refractivity contribution in [1.82, 2.24) is 15.1 Å². The molecule has 0 aliphatic carbocycles. The van der Waals surface area contributed by atoms with E-state index in [4.69, 9.17) is 4.42 Å². The van der Waals surface area contributed by atoms with Crippen LogP contribution >= 0.6 is 0 Å². The molecule has 3 rings (SSSR count). The molecule has 0 amide bonds. The lowest BCUT2D eigenvalue weighted by molar-refractivity contribution is 0.0887. The molecule has 0 saturated carbocycles. The maximum atomic E-state index is 5.73. The van der Waals surface area contributed by atoms with Gasteiger partial charge in [-0.25, -0.2) is 0 Å². The molecule has 20 heavy (non-hydrogen) atoms. The van der Waals surface area contributed by atoms with E-state index < -0.39 is 0 Å². The van der Waals surface area contributed by atoms with E-state index in [1.165, 1.54) is 25.9 Å². The quantitative estimate of drug-likeness (QED) is 0.911. The predicted molar refractivity (Wildman–Crippen MR) is 80.7 cm³/mol. The number of likely N-dealkylation sites (tertiary alicyclic amines) is 1. The highest BCUT2D eigenvalue weighted by molar-refractivity contribution is 5.06. The second-order valence-electron chi connectivity index (χ2n) is 6.32. The Kier molecular flexibility index (Phi) is 4.76. The zero-order valence-corrected chi connectivity index (χ0v) is 12.6. The van der Waals surface area contributed by atoms with Crippen molar-refractivity contribution in [2.45, 2.75) is 25.8 Å². The van der Waals surface area contributed by atoms with E-state index in [0.717, 1.165) is 44.4 Å². The third-order valence-electron chi connectivity index (χ3n) is 4.64. The Morgan fingerprint density at radius 3 is 2.90 bits per heavy atom. The summed E-state index contributed by atoms with van der Waals surface area (Å²) >= 11 is 0. The molecule has 0 spiro atoms. The molecule has 2 atom stereocenters. The average Bonchev–Trinajstić information content (AvgIpc) is 3.00. The van der Waals surface area contributed by atoms with Crippen molar-refractivity contribution in [1.29, 1.82) is 0 Å². The zero-order chi connectivity index (χ0) is 13.8. The fraction of sp³-hybridized carbons (Fsp3) is 0.750. The first kappa shape index (κ1) is 14.1. The monoisotopic (exact) mass is 277 g/mol. The Bertz CT molecular complexity index is 386. The smallest absolute Gasteiger partial charge is 0.122 e. The summed E-state index contributed by atoms with van der Waals surface area (Å²) in [6.07, 6.45) is 4.53. The number of hydrogen-bond acceptors (Lipinski definition) is 4. The fourth-order valence-corrected chi connectivity index (χ4v) is 3.56. The summed E-state index contributed by atoms with van der Waals surface area (Å²) in [5, 5.41) is 3.44. The van der Waals surface area contributed by atoms with Gasteiger partial charge >= 0.3 is 0 Å². The van der Waals surface area contributed by atoms with Crippen molar-refractivity contribution in [2.24, 2.45) is 5.92 Å². The Balaban J connectivity index is 1.68. The van der Waals surface area contributed by atoms with E-state index in [-0.39, 0.29) is 0 Å². The number of nitrogens with zero attached hydrogens (tertiary/aromatic N) is 2. The summed E-state index contributed by atoms with van der Waals surface area (Å²) in [7, 11) is 0. The van der Waals surface area contributed by atoms with E-state index in [9.17, 15) is 0 Å². The van der Waals surface area contributed by atoms with Gasteiger partial charge in [0, 0.05) is 39.3 Å². The number of piperidine rings is 1. The van der Waals surface area contributed by atoms with Crippen LogP contribution in [0.3, 0.4) is 0 Å². The van der Waals surface area contributed by atoms with Gasteiger partial charge in [-0.1, -0.05) is 6.92 Å². The molecule has 112 valence electrons. The van der Waals surface area contributed by atoms with Gasteiger partial charge < -0.3 is 14.6 Å². The van der Waals surface area contributed by atoms with Crippen molar-refractivity contribution in [3.8, 4) is 0 Å². The number of furan rings is 1. The Labute approximate surface area is 122 Å². The Hall–Kier alpha value is -0.840. The number of hydrogen-bond donors (Lipinski definition) is 1. The van der Waals surface area contributed by atoms with Crippen molar-refractivity contribution >= 4 is 0 Å². The van der Waals surface area contributed by atoms with Gasteiger partial charge in [0.25, 0.3) is 0 Å². The number of piperazine rings is 1. The van der Waals surface area contributed by atoms with Crippen LogP contribution in [0.15, 0.2) is 22.8 Å². The van der Waals surface area contributed by atoms with Gasteiger partial charge in [0.05, 0.1) is 12.3 Å². The van der Waals surface area contributed by atoms with Crippen LogP contribution < -0.4 is 5.32 Å². The lowest BCUT2D eigenvalue weighted by Gasteiger charge is -2.39. The van der Waals surface area contributed by atoms with Crippen LogP contribution in [-0.2, 0) is 0 Å². The topological polar surface area (TPSA) is 31.7 Å². The number of rotatable bonds is 4. The highest BCUT2D eigenvalue weighted by Gasteiger charge is 2.28. The van der Waals surface area contributed by atoms with E-state index in [2.05, 4.69) is 28.1 Å². The molecular weight excluding hydrogens is 250 g/mol. The molecule has 0 aromatic carbocycles. The minimum Gasteiger partial charge on any atom is -0.468 e. The summed E-state index contributed by atoms with van der Waals surface area (Å²) in [5.41, 5.74) is 0. The van der Waals surface area contributed by atoms with Crippen molar-refractivity contribution in [3.05, 3.63) is 24.2 Å². The van der Waals surface area contributed by atoms with Crippen LogP contribution in [0.25, 0.3) is 0 Å². The molecule has 2 aliphatic heterocycles. The van der Waals surface area contributed by atoms with Crippen LogP contribution in [0.5, 0.6) is 0 Å². The van der Waals surface area contributed by atoms with E-state index >= 15 is 0 Å². The predicted octanol–water partition coefficient (Wildman–Crippen LogP) is 1.96. The lowest BCUT2D eigenvalue weighted by Crippen LogP contribution is -2.49.